The van der Waals surface area contributed by atoms with E-state index in [1.165, 1.54) is 5.56 Å². The van der Waals surface area contributed by atoms with E-state index in [2.05, 4.69) is 34.1 Å². The van der Waals surface area contributed by atoms with Crippen molar-refractivity contribution in [1.29, 1.82) is 5.41 Å². The third-order valence-electron chi connectivity index (χ3n) is 3.95. The first-order chi connectivity index (χ1) is 12.1. The van der Waals surface area contributed by atoms with E-state index in [0.717, 1.165) is 36.5 Å². The number of aromatic nitrogens is 4. The Hall–Kier alpha value is -2.99. The molecule has 2 N–H and O–H groups in total. The first kappa shape index (κ1) is 16.9. The molecule has 0 spiro atoms. The standard InChI is InChI=1S/C19H22N6/c1-15(17-11-23-24(2)13-17)25-14-18(22-12-19(25)20)8-9-21-10-16-6-4-3-5-7-16/h3-7,11-14,20-21H,1,8-10H2,2H3. The first-order valence-electron chi connectivity index (χ1n) is 8.18. The summed E-state index contributed by atoms with van der Waals surface area (Å²) in [5, 5.41) is 15.7. The minimum absolute atomic E-state index is 0.301. The molecular weight excluding hydrogens is 312 g/mol. The molecule has 3 rings (SSSR count). The number of hydrogen-bond donors (Lipinski definition) is 2. The molecule has 0 aliphatic carbocycles. The van der Waals surface area contributed by atoms with Crippen LogP contribution in [0.15, 0.2) is 61.7 Å². The van der Waals surface area contributed by atoms with E-state index in [1.54, 1.807) is 21.6 Å². The van der Waals surface area contributed by atoms with Crippen molar-refractivity contribution in [2.24, 2.45) is 7.05 Å². The summed E-state index contributed by atoms with van der Waals surface area (Å²) in [4.78, 5) is 4.35. The van der Waals surface area contributed by atoms with Gasteiger partial charge >= 0.3 is 0 Å². The second kappa shape index (κ2) is 7.72. The molecule has 2 aromatic heterocycles. The topological polar surface area (TPSA) is 71.5 Å². The molecule has 6 nitrogen and oxygen atoms in total. The SMILES string of the molecule is C=C(c1cnn(C)c1)n1cc(CCNCc2ccccc2)ncc1=N. The van der Waals surface area contributed by atoms with Crippen molar-refractivity contribution < 1.29 is 0 Å². The average Bonchev–Trinajstić information content (AvgIpc) is 3.07. The number of hydrogen-bond acceptors (Lipinski definition) is 4. The highest BCUT2D eigenvalue weighted by Crippen LogP contribution is 2.12. The lowest BCUT2D eigenvalue weighted by molar-refractivity contribution is 0.675. The fourth-order valence-electron chi connectivity index (χ4n) is 2.56. The highest BCUT2D eigenvalue weighted by molar-refractivity contribution is 5.62. The van der Waals surface area contributed by atoms with Gasteiger partial charge in [-0.1, -0.05) is 36.9 Å². The summed E-state index contributed by atoms with van der Waals surface area (Å²) in [6, 6.07) is 10.3. The Morgan fingerprint density at radius 1 is 1.20 bits per heavy atom. The highest BCUT2D eigenvalue weighted by atomic mass is 15.2. The molecule has 0 bridgehead atoms. The van der Waals surface area contributed by atoms with Crippen molar-refractivity contribution in [3.05, 3.63) is 84.0 Å². The van der Waals surface area contributed by atoms with E-state index in [0.29, 0.717) is 5.49 Å². The van der Waals surface area contributed by atoms with Crippen LogP contribution in [0.5, 0.6) is 0 Å². The van der Waals surface area contributed by atoms with Crippen molar-refractivity contribution in [2.75, 3.05) is 6.54 Å². The summed E-state index contributed by atoms with van der Waals surface area (Å²) >= 11 is 0. The lowest BCUT2D eigenvalue weighted by Gasteiger charge is -2.11. The van der Waals surface area contributed by atoms with Gasteiger partial charge in [0.2, 0.25) is 0 Å². The van der Waals surface area contributed by atoms with E-state index in [9.17, 15) is 0 Å². The molecule has 0 saturated heterocycles. The van der Waals surface area contributed by atoms with Gasteiger partial charge in [0.15, 0.2) is 0 Å². The van der Waals surface area contributed by atoms with Gasteiger partial charge in [0.1, 0.15) is 5.49 Å². The molecule has 0 unspecified atom stereocenters. The lowest BCUT2D eigenvalue weighted by atomic mass is 10.2. The highest BCUT2D eigenvalue weighted by Gasteiger charge is 2.06. The van der Waals surface area contributed by atoms with E-state index in [-0.39, 0.29) is 0 Å². The van der Waals surface area contributed by atoms with Crippen molar-refractivity contribution in [1.82, 2.24) is 24.6 Å². The molecular formula is C19H22N6. The fraction of sp³-hybridized carbons (Fsp3) is 0.211. The van der Waals surface area contributed by atoms with Crippen molar-refractivity contribution in [3.8, 4) is 0 Å². The molecule has 6 heteroatoms. The van der Waals surface area contributed by atoms with Crippen molar-refractivity contribution >= 4 is 5.70 Å². The van der Waals surface area contributed by atoms with Crippen LogP contribution in [0.1, 0.15) is 16.8 Å². The number of rotatable bonds is 7. The molecule has 0 aliphatic rings. The monoisotopic (exact) mass is 334 g/mol. The third kappa shape index (κ3) is 4.30. The summed E-state index contributed by atoms with van der Waals surface area (Å²) in [5.41, 5.74) is 4.09. The second-order valence-electron chi connectivity index (χ2n) is 5.90. The zero-order chi connectivity index (χ0) is 17.6. The van der Waals surface area contributed by atoms with E-state index < -0.39 is 0 Å². The summed E-state index contributed by atoms with van der Waals surface area (Å²) in [5.74, 6) is 0. The minimum Gasteiger partial charge on any atom is -0.312 e. The predicted octanol–water partition coefficient (Wildman–Crippen LogP) is 1.95. The maximum absolute atomic E-state index is 8.08. The smallest absolute Gasteiger partial charge is 0.148 e. The van der Waals surface area contributed by atoms with Gasteiger partial charge in [0.25, 0.3) is 0 Å². The van der Waals surface area contributed by atoms with Gasteiger partial charge in [-0.05, 0) is 5.56 Å². The van der Waals surface area contributed by atoms with Crippen molar-refractivity contribution in [3.63, 3.8) is 0 Å². The molecule has 0 fully saturated rings. The quantitative estimate of drug-likeness (QED) is 0.649. The number of aryl methyl sites for hydroxylation is 1. The molecule has 2 heterocycles. The molecule has 0 aliphatic heterocycles. The van der Waals surface area contributed by atoms with Gasteiger partial charge < -0.3 is 5.32 Å². The Labute approximate surface area is 147 Å². The normalized spacial score (nSPS) is 10.8. The Kier molecular flexibility index (Phi) is 5.20. The van der Waals surface area contributed by atoms with Gasteiger partial charge in [-0.15, -0.1) is 0 Å². The van der Waals surface area contributed by atoms with Crippen molar-refractivity contribution in [2.45, 2.75) is 13.0 Å². The van der Waals surface area contributed by atoms with E-state index in [1.807, 2.05) is 37.6 Å². The summed E-state index contributed by atoms with van der Waals surface area (Å²) in [6.07, 6.45) is 7.86. The van der Waals surface area contributed by atoms with Gasteiger partial charge in [-0.3, -0.25) is 19.6 Å². The molecule has 3 aromatic rings. The Morgan fingerprint density at radius 2 is 2.00 bits per heavy atom. The second-order valence-corrected chi connectivity index (χ2v) is 5.90. The molecule has 0 radical (unpaired) electrons. The van der Waals surface area contributed by atoms with Crippen LogP contribution in [0.4, 0.5) is 0 Å². The van der Waals surface area contributed by atoms with Crippen LogP contribution in [0.3, 0.4) is 0 Å². The van der Waals surface area contributed by atoms with Crippen LogP contribution < -0.4 is 10.8 Å². The molecule has 0 saturated carbocycles. The first-order valence-corrected chi connectivity index (χ1v) is 8.18. The van der Waals surface area contributed by atoms with Gasteiger partial charge in [0, 0.05) is 44.5 Å². The zero-order valence-electron chi connectivity index (χ0n) is 14.3. The van der Waals surface area contributed by atoms with E-state index >= 15 is 0 Å². The number of nitrogens with one attached hydrogen (secondary N) is 2. The predicted molar refractivity (Wildman–Crippen MR) is 97.6 cm³/mol. The Balaban J connectivity index is 1.63. The fourth-order valence-corrected chi connectivity index (χ4v) is 2.56. The van der Waals surface area contributed by atoms with Crippen LogP contribution >= 0.6 is 0 Å². The minimum atomic E-state index is 0.301. The van der Waals surface area contributed by atoms with Gasteiger partial charge in [-0.25, -0.2) is 0 Å². The van der Waals surface area contributed by atoms with Crippen LogP contribution in [0.2, 0.25) is 0 Å². The third-order valence-corrected chi connectivity index (χ3v) is 3.95. The molecule has 0 atom stereocenters. The molecule has 1 aromatic carbocycles. The van der Waals surface area contributed by atoms with Gasteiger partial charge in [0.05, 0.1) is 23.8 Å². The Bertz CT molecular complexity index is 907. The summed E-state index contributed by atoms with van der Waals surface area (Å²) < 4.78 is 3.47. The number of benzene rings is 1. The van der Waals surface area contributed by atoms with Crippen LogP contribution in [0, 0.1) is 5.41 Å². The van der Waals surface area contributed by atoms with Crippen LogP contribution in [-0.2, 0) is 20.0 Å². The maximum Gasteiger partial charge on any atom is 0.148 e. The van der Waals surface area contributed by atoms with Crippen LogP contribution in [-0.4, -0.2) is 25.9 Å². The van der Waals surface area contributed by atoms with Crippen LogP contribution in [0.25, 0.3) is 5.70 Å². The van der Waals surface area contributed by atoms with E-state index in [4.69, 9.17) is 5.41 Å². The molecule has 128 valence electrons. The lowest BCUT2D eigenvalue weighted by Crippen LogP contribution is -2.22. The maximum atomic E-state index is 8.08. The summed E-state index contributed by atoms with van der Waals surface area (Å²) in [7, 11) is 1.86. The molecule has 0 amide bonds. The summed E-state index contributed by atoms with van der Waals surface area (Å²) in [6.45, 7) is 5.74. The zero-order valence-corrected chi connectivity index (χ0v) is 14.3. The average molecular weight is 334 g/mol. The van der Waals surface area contributed by atoms with Gasteiger partial charge in [-0.2, -0.15) is 5.10 Å². The largest absolute Gasteiger partial charge is 0.312 e. The number of nitrogens with zero attached hydrogens (tertiary/aromatic N) is 4. The Morgan fingerprint density at radius 3 is 2.72 bits per heavy atom. The molecule has 25 heavy (non-hydrogen) atoms.